The van der Waals surface area contributed by atoms with Crippen LogP contribution in [0.5, 0.6) is 0 Å². The number of hydrogen-bond acceptors (Lipinski definition) is 3. The number of carbonyl (C=O) groups is 1. The molecular weight excluding hydrogens is 158 g/mol. The fourth-order valence-corrected chi connectivity index (χ4v) is 2.12. The Morgan fingerprint density at radius 2 is 2.00 bits per heavy atom. The summed E-state index contributed by atoms with van der Waals surface area (Å²) in [6.45, 7) is 0. The largest absolute Gasteiger partial charge is 0.465 e. The first-order valence-corrected chi connectivity index (χ1v) is 4.51. The van der Waals surface area contributed by atoms with Gasteiger partial charge in [-0.15, -0.1) is 0 Å². The Kier molecular flexibility index (Phi) is 1.55. The number of sulfone groups is 1. The number of rotatable bonds is 1. The average Bonchev–Trinajstić information content (AvgIpc) is 1.57. The molecule has 6 heteroatoms. The van der Waals surface area contributed by atoms with E-state index in [1.165, 1.54) is 0 Å². The van der Waals surface area contributed by atoms with Crippen LogP contribution < -0.4 is 5.32 Å². The molecule has 10 heavy (non-hydrogen) atoms. The van der Waals surface area contributed by atoms with Gasteiger partial charge in [0.1, 0.15) is 0 Å². The second-order valence-corrected chi connectivity index (χ2v) is 4.38. The van der Waals surface area contributed by atoms with Crippen LogP contribution in [-0.2, 0) is 9.84 Å². The van der Waals surface area contributed by atoms with Crippen molar-refractivity contribution >= 4 is 15.9 Å². The van der Waals surface area contributed by atoms with Gasteiger partial charge in [0, 0.05) is 0 Å². The summed E-state index contributed by atoms with van der Waals surface area (Å²) < 4.78 is 20.9. The van der Waals surface area contributed by atoms with Gasteiger partial charge in [-0.05, 0) is 0 Å². The summed E-state index contributed by atoms with van der Waals surface area (Å²) in [4.78, 5) is 9.91. The minimum atomic E-state index is -2.90. The SMILES string of the molecule is O=C(O)NC1CS(=O)(=O)C1. The van der Waals surface area contributed by atoms with Crippen LogP contribution in [0.4, 0.5) is 4.79 Å². The Morgan fingerprint density at radius 1 is 1.50 bits per heavy atom. The van der Waals surface area contributed by atoms with Gasteiger partial charge >= 0.3 is 6.09 Å². The van der Waals surface area contributed by atoms with Crippen molar-refractivity contribution in [3.63, 3.8) is 0 Å². The number of nitrogens with one attached hydrogen (secondary N) is 1. The van der Waals surface area contributed by atoms with E-state index < -0.39 is 15.9 Å². The molecule has 1 saturated heterocycles. The molecule has 0 radical (unpaired) electrons. The van der Waals surface area contributed by atoms with Crippen LogP contribution in [0.3, 0.4) is 0 Å². The van der Waals surface area contributed by atoms with Crippen molar-refractivity contribution in [1.82, 2.24) is 5.32 Å². The van der Waals surface area contributed by atoms with Gasteiger partial charge in [0.25, 0.3) is 0 Å². The highest BCUT2D eigenvalue weighted by molar-refractivity contribution is 7.92. The van der Waals surface area contributed by atoms with Crippen molar-refractivity contribution < 1.29 is 18.3 Å². The molecule has 0 saturated carbocycles. The lowest BCUT2D eigenvalue weighted by molar-refractivity contribution is 0.191. The van der Waals surface area contributed by atoms with E-state index in [9.17, 15) is 13.2 Å². The number of hydrogen-bond donors (Lipinski definition) is 2. The molecule has 1 aliphatic rings. The summed E-state index contributed by atoms with van der Waals surface area (Å²) in [6.07, 6.45) is -1.17. The zero-order chi connectivity index (χ0) is 7.78. The molecule has 0 aromatic carbocycles. The maximum absolute atomic E-state index is 10.4. The first-order chi connectivity index (χ1) is 4.49. The van der Waals surface area contributed by atoms with E-state index >= 15 is 0 Å². The van der Waals surface area contributed by atoms with Gasteiger partial charge in [-0.1, -0.05) is 0 Å². The van der Waals surface area contributed by atoms with Crippen molar-refractivity contribution in [3.8, 4) is 0 Å². The standard InChI is InChI=1S/C4H7NO4S/c6-4(7)5-3-1-10(8,9)2-3/h3,5H,1-2H2,(H,6,7). The van der Waals surface area contributed by atoms with Crippen molar-refractivity contribution in [3.05, 3.63) is 0 Å². The molecule has 0 spiro atoms. The van der Waals surface area contributed by atoms with Gasteiger partial charge in [0.2, 0.25) is 0 Å². The highest BCUT2D eigenvalue weighted by atomic mass is 32.2. The predicted molar refractivity (Wildman–Crippen MR) is 33.6 cm³/mol. The number of amides is 1. The van der Waals surface area contributed by atoms with Crippen LogP contribution in [0, 0.1) is 0 Å². The third kappa shape index (κ3) is 1.60. The lowest BCUT2D eigenvalue weighted by Crippen LogP contribution is -2.52. The third-order valence-corrected chi connectivity index (χ3v) is 3.06. The lowest BCUT2D eigenvalue weighted by atomic mass is 10.4. The van der Waals surface area contributed by atoms with E-state index in [2.05, 4.69) is 5.32 Å². The molecule has 58 valence electrons. The second kappa shape index (κ2) is 2.12. The molecule has 1 heterocycles. The third-order valence-electron chi connectivity index (χ3n) is 1.24. The first kappa shape index (κ1) is 7.33. The summed E-state index contributed by atoms with van der Waals surface area (Å²) in [6, 6.07) is -0.387. The molecule has 0 unspecified atom stereocenters. The van der Waals surface area contributed by atoms with Crippen molar-refractivity contribution in [2.45, 2.75) is 6.04 Å². The highest BCUT2D eigenvalue weighted by Gasteiger charge is 2.34. The molecule has 0 aromatic heterocycles. The zero-order valence-corrected chi connectivity index (χ0v) is 5.89. The molecule has 5 nitrogen and oxygen atoms in total. The second-order valence-electron chi connectivity index (χ2n) is 2.22. The van der Waals surface area contributed by atoms with Crippen molar-refractivity contribution in [2.75, 3.05) is 11.5 Å². The van der Waals surface area contributed by atoms with Crippen LogP contribution in [0.25, 0.3) is 0 Å². The van der Waals surface area contributed by atoms with E-state index in [-0.39, 0.29) is 17.5 Å². The van der Waals surface area contributed by atoms with Gasteiger partial charge < -0.3 is 10.4 Å². The Hall–Kier alpha value is -0.780. The summed E-state index contributed by atoms with van der Waals surface area (Å²) in [5, 5.41) is 10.2. The smallest absolute Gasteiger partial charge is 0.404 e. The van der Waals surface area contributed by atoms with Crippen LogP contribution >= 0.6 is 0 Å². The van der Waals surface area contributed by atoms with E-state index in [0.717, 1.165) is 0 Å². The molecule has 0 aromatic rings. The topological polar surface area (TPSA) is 83.5 Å². The maximum atomic E-state index is 10.4. The summed E-state index contributed by atoms with van der Waals surface area (Å²) >= 11 is 0. The normalized spacial score (nSPS) is 23.2. The molecular formula is C4H7NO4S. The van der Waals surface area contributed by atoms with Crippen LogP contribution in [0.15, 0.2) is 0 Å². The Morgan fingerprint density at radius 3 is 2.30 bits per heavy atom. The fourth-order valence-electron chi connectivity index (χ4n) is 0.822. The minimum Gasteiger partial charge on any atom is -0.465 e. The van der Waals surface area contributed by atoms with E-state index in [4.69, 9.17) is 5.11 Å². The Bertz CT molecular complexity index is 232. The Balaban J connectivity index is 2.34. The lowest BCUT2D eigenvalue weighted by Gasteiger charge is -2.24. The van der Waals surface area contributed by atoms with Gasteiger partial charge in [0.15, 0.2) is 9.84 Å². The first-order valence-electron chi connectivity index (χ1n) is 2.69. The van der Waals surface area contributed by atoms with Gasteiger partial charge in [-0.25, -0.2) is 13.2 Å². The maximum Gasteiger partial charge on any atom is 0.404 e. The molecule has 1 rings (SSSR count). The molecule has 0 bridgehead atoms. The van der Waals surface area contributed by atoms with Crippen LogP contribution in [-0.4, -0.2) is 37.2 Å². The zero-order valence-electron chi connectivity index (χ0n) is 5.07. The molecule has 1 aliphatic heterocycles. The Labute approximate surface area is 58.0 Å². The van der Waals surface area contributed by atoms with Crippen LogP contribution in [0.1, 0.15) is 0 Å². The fraction of sp³-hybridized carbons (Fsp3) is 0.750. The number of carboxylic acid groups (broad SMARTS) is 1. The molecule has 0 atom stereocenters. The average molecular weight is 165 g/mol. The van der Waals surface area contributed by atoms with E-state index in [1.54, 1.807) is 0 Å². The quantitative estimate of drug-likeness (QED) is 0.524. The molecule has 0 aliphatic carbocycles. The minimum absolute atomic E-state index is 0.0563. The summed E-state index contributed by atoms with van der Waals surface area (Å²) in [5.74, 6) is -0.113. The molecule has 1 fully saturated rings. The molecule has 2 N–H and O–H groups in total. The van der Waals surface area contributed by atoms with Gasteiger partial charge in [0.05, 0.1) is 17.5 Å². The van der Waals surface area contributed by atoms with Crippen molar-refractivity contribution in [1.29, 1.82) is 0 Å². The van der Waals surface area contributed by atoms with Crippen LogP contribution in [0.2, 0.25) is 0 Å². The summed E-state index contributed by atoms with van der Waals surface area (Å²) in [7, 11) is -2.90. The highest BCUT2D eigenvalue weighted by Crippen LogP contribution is 2.09. The van der Waals surface area contributed by atoms with Gasteiger partial charge in [-0.2, -0.15) is 0 Å². The van der Waals surface area contributed by atoms with E-state index in [0.29, 0.717) is 0 Å². The van der Waals surface area contributed by atoms with Gasteiger partial charge in [-0.3, -0.25) is 0 Å². The molecule has 1 amide bonds. The predicted octanol–water partition coefficient (Wildman–Crippen LogP) is -0.949. The summed E-state index contributed by atoms with van der Waals surface area (Å²) in [5.41, 5.74) is 0. The monoisotopic (exact) mass is 165 g/mol. The van der Waals surface area contributed by atoms with Crippen molar-refractivity contribution in [2.24, 2.45) is 0 Å². The van der Waals surface area contributed by atoms with E-state index in [1.807, 2.05) is 0 Å².